The molecule has 6 aliphatic rings. The number of ether oxygens (including phenoxy) is 3. The van der Waals surface area contributed by atoms with E-state index in [2.05, 4.69) is 67.2 Å². The van der Waals surface area contributed by atoms with Crippen molar-refractivity contribution < 1.29 is 28.9 Å². The lowest BCUT2D eigenvalue weighted by atomic mass is 9.41. The van der Waals surface area contributed by atoms with Crippen molar-refractivity contribution in [3.8, 4) is 25.7 Å². The van der Waals surface area contributed by atoms with Gasteiger partial charge in [0.25, 0.3) is 0 Å². The highest BCUT2D eigenvalue weighted by atomic mass is 16.6. The van der Waals surface area contributed by atoms with Gasteiger partial charge in [0, 0.05) is 12.3 Å². The Morgan fingerprint density at radius 3 is 2.02 bits per heavy atom. The quantitative estimate of drug-likeness (QED) is 0.241. The van der Waals surface area contributed by atoms with Crippen LogP contribution in [0.2, 0.25) is 0 Å². The van der Waals surface area contributed by atoms with Crippen molar-refractivity contribution in [3.63, 3.8) is 0 Å². The largest absolute Gasteiger partial charge is 0.462 e. The van der Waals surface area contributed by atoms with E-state index >= 15 is 0 Å². The standard InChI is InChI=1S/C37H60O6.2C2H2/c1-20(2)31(39)43-28-14-15-36-22(4)37(36)17-16-34(10)29-21(3)18-24(30(33(8,9)40)41-23(5)38)42-25(29)19-35(34,11)27(37)13-12-26(36)32(28,6)7;2*1-2/h20-22,24-30,40H,12-19H2,1-11H3;2*1-2H/t21-,22-,24?,25-,26?,27+,28+,29?,30+,34-,35+,36?,37+;;/m1../s1. The second-order valence-electron chi connectivity index (χ2n) is 18.1. The number of carbonyl (C=O) groups excluding carboxylic acids is 2. The lowest BCUT2D eigenvalue weighted by Gasteiger charge is -2.63. The minimum absolute atomic E-state index is 0.00495. The van der Waals surface area contributed by atoms with Crippen LogP contribution >= 0.6 is 0 Å². The van der Waals surface area contributed by atoms with Crippen molar-refractivity contribution in [2.24, 2.45) is 62.6 Å². The fourth-order valence-corrected chi connectivity index (χ4v) is 13.6. The first-order valence-electron chi connectivity index (χ1n) is 18.2. The van der Waals surface area contributed by atoms with E-state index in [1.54, 1.807) is 13.8 Å². The molecule has 4 unspecified atom stereocenters. The minimum Gasteiger partial charge on any atom is -0.462 e. The summed E-state index contributed by atoms with van der Waals surface area (Å²) in [5, 5.41) is 11.0. The van der Waals surface area contributed by atoms with Crippen LogP contribution in [0.3, 0.4) is 0 Å². The molecular weight excluding hydrogens is 588 g/mol. The van der Waals surface area contributed by atoms with Gasteiger partial charge in [-0.3, -0.25) is 9.59 Å². The maximum Gasteiger partial charge on any atom is 0.308 e. The molecule has 0 amide bonds. The van der Waals surface area contributed by atoms with Gasteiger partial charge in [0.15, 0.2) is 6.10 Å². The predicted octanol–water partition coefficient (Wildman–Crippen LogP) is 7.84. The van der Waals surface area contributed by atoms with Crippen molar-refractivity contribution >= 4 is 11.9 Å². The Bertz CT molecular complexity index is 1240. The molecule has 6 nitrogen and oxygen atoms in total. The van der Waals surface area contributed by atoms with Crippen LogP contribution in [0.4, 0.5) is 0 Å². The summed E-state index contributed by atoms with van der Waals surface area (Å²) in [6.07, 6.45) is 24.2. The van der Waals surface area contributed by atoms with Crippen LogP contribution in [0, 0.1) is 88.3 Å². The first-order chi connectivity index (χ1) is 21.8. The van der Waals surface area contributed by atoms with E-state index in [1.807, 2.05) is 13.8 Å². The molecule has 0 radical (unpaired) electrons. The Labute approximate surface area is 286 Å². The van der Waals surface area contributed by atoms with Gasteiger partial charge in [-0.2, -0.15) is 0 Å². The van der Waals surface area contributed by atoms with Gasteiger partial charge in [0.05, 0.1) is 23.7 Å². The average Bonchev–Trinajstić information content (AvgIpc) is 3.41. The zero-order valence-corrected chi connectivity index (χ0v) is 31.2. The monoisotopic (exact) mass is 652 g/mol. The summed E-state index contributed by atoms with van der Waals surface area (Å²) in [6, 6.07) is 0. The van der Waals surface area contributed by atoms with Gasteiger partial charge in [0.2, 0.25) is 0 Å². The van der Waals surface area contributed by atoms with E-state index in [0.717, 1.165) is 19.3 Å². The van der Waals surface area contributed by atoms with E-state index in [4.69, 9.17) is 14.2 Å². The highest BCUT2D eigenvalue weighted by molar-refractivity contribution is 5.71. The van der Waals surface area contributed by atoms with Crippen molar-refractivity contribution in [1.82, 2.24) is 0 Å². The Balaban J connectivity index is 0.00000120. The third kappa shape index (κ3) is 5.12. The van der Waals surface area contributed by atoms with Crippen molar-refractivity contribution in [2.45, 2.75) is 158 Å². The van der Waals surface area contributed by atoms with Crippen LogP contribution in [0.25, 0.3) is 0 Å². The molecule has 0 aromatic rings. The first kappa shape index (κ1) is 37.8. The molecule has 1 heterocycles. The second-order valence-corrected chi connectivity index (χ2v) is 18.1. The molecular formula is C41H64O6. The predicted molar refractivity (Wildman–Crippen MR) is 186 cm³/mol. The van der Waals surface area contributed by atoms with Crippen molar-refractivity contribution in [3.05, 3.63) is 0 Å². The number of terminal acetylenes is 2. The van der Waals surface area contributed by atoms with E-state index < -0.39 is 11.7 Å². The molecule has 1 aliphatic heterocycles. The molecule has 47 heavy (non-hydrogen) atoms. The number of hydrogen-bond donors (Lipinski definition) is 1. The van der Waals surface area contributed by atoms with E-state index in [-0.39, 0.29) is 52.4 Å². The lowest BCUT2D eigenvalue weighted by Crippen LogP contribution is -2.58. The van der Waals surface area contributed by atoms with E-state index in [9.17, 15) is 14.7 Å². The zero-order valence-electron chi connectivity index (χ0n) is 31.2. The van der Waals surface area contributed by atoms with E-state index in [1.165, 1.54) is 39.0 Å². The van der Waals surface area contributed by atoms with Crippen molar-refractivity contribution in [2.75, 3.05) is 0 Å². The molecule has 1 N–H and O–H groups in total. The van der Waals surface area contributed by atoms with Crippen LogP contribution in [0.15, 0.2) is 0 Å². The fraction of sp³-hybridized carbons (Fsp3) is 0.854. The van der Waals surface area contributed by atoms with Gasteiger partial charge in [0.1, 0.15) is 6.10 Å². The summed E-state index contributed by atoms with van der Waals surface area (Å²) in [5.41, 5.74) is -0.130. The molecule has 6 rings (SSSR count). The number of hydrogen-bond acceptors (Lipinski definition) is 6. The molecule has 1 saturated heterocycles. The van der Waals surface area contributed by atoms with Crippen LogP contribution in [-0.2, 0) is 23.8 Å². The maximum atomic E-state index is 12.7. The van der Waals surface area contributed by atoms with Crippen LogP contribution in [-0.4, -0.2) is 47.1 Å². The van der Waals surface area contributed by atoms with E-state index in [0.29, 0.717) is 40.4 Å². The third-order valence-corrected chi connectivity index (χ3v) is 15.4. The normalized spacial score (nSPS) is 46.1. The van der Waals surface area contributed by atoms with Crippen LogP contribution in [0.1, 0.15) is 128 Å². The second kappa shape index (κ2) is 12.4. The Morgan fingerprint density at radius 2 is 1.47 bits per heavy atom. The molecule has 5 saturated carbocycles. The summed E-state index contributed by atoms with van der Waals surface area (Å²) in [5.74, 6) is 2.32. The van der Waals surface area contributed by atoms with Crippen LogP contribution in [0.5, 0.6) is 0 Å². The number of carbonyl (C=O) groups is 2. The Kier molecular flexibility index (Phi) is 9.96. The van der Waals surface area contributed by atoms with Gasteiger partial charge in [-0.1, -0.05) is 55.4 Å². The van der Waals surface area contributed by atoms with Gasteiger partial charge in [-0.25, -0.2) is 0 Å². The summed E-state index contributed by atoms with van der Waals surface area (Å²) >= 11 is 0. The van der Waals surface area contributed by atoms with Crippen LogP contribution < -0.4 is 0 Å². The molecule has 5 aliphatic carbocycles. The topological polar surface area (TPSA) is 82.1 Å². The van der Waals surface area contributed by atoms with Gasteiger partial charge < -0.3 is 19.3 Å². The molecule has 0 aromatic heterocycles. The molecule has 0 aromatic carbocycles. The fourth-order valence-electron chi connectivity index (χ4n) is 13.6. The highest BCUT2D eigenvalue weighted by Gasteiger charge is 2.86. The average molecular weight is 653 g/mol. The number of aliphatic hydroxyl groups is 1. The Hall–Kier alpha value is -2.02. The molecule has 6 fully saturated rings. The minimum atomic E-state index is -1.17. The lowest BCUT2D eigenvalue weighted by molar-refractivity contribution is -0.209. The maximum absolute atomic E-state index is 12.7. The van der Waals surface area contributed by atoms with Gasteiger partial charge >= 0.3 is 11.9 Å². The molecule has 0 bridgehead atoms. The zero-order chi connectivity index (χ0) is 35.7. The molecule has 6 heteroatoms. The van der Waals surface area contributed by atoms with Gasteiger partial charge in [-0.15, -0.1) is 25.7 Å². The molecule has 13 atom stereocenters. The number of rotatable bonds is 5. The smallest absolute Gasteiger partial charge is 0.308 e. The number of esters is 2. The summed E-state index contributed by atoms with van der Waals surface area (Å²) in [7, 11) is 0. The van der Waals surface area contributed by atoms with Gasteiger partial charge in [-0.05, 0) is 116 Å². The summed E-state index contributed by atoms with van der Waals surface area (Å²) < 4.78 is 18.9. The summed E-state index contributed by atoms with van der Waals surface area (Å²) in [6.45, 7) is 23.7. The molecule has 264 valence electrons. The highest BCUT2D eigenvalue weighted by Crippen LogP contribution is 2.91. The van der Waals surface area contributed by atoms with Crippen molar-refractivity contribution in [1.29, 1.82) is 0 Å². The first-order valence-corrected chi connectivity index (χ1v) is 18.2. The Morgan fingerprint density at radius 1 is 0.894 bits per heavy atom. The third-order valence-electron chi connectivity index (χ3n) is 15.4. The number of fused-ring (bicyclic) bond motifs is 4. The molecule has 2 spiro atoms. The summed E-state index contributed by atoms with van der Waals surface area (Å²) in [4.78, 5) is 24.7. The SMILES string of the molecule is C#C.C#C.CC(=O)O[C@@H](C1C[C@@H](C)C2[C@@H](C[C@@]3(C)[C@@H]4CCC5C(C)(C)[C@@H](OC(=O)C(C)C)CCC56[C@@H](C)[C@@]46CC[C@]23C)O1)C(C)(C)O.